The van der Waals surface area contributed by atoms with Crippen molar-refractivity contribution in [3.8, 4) is 0 Å². The van der Waals surface area contributed by atoms with Gasteiger partial charge in [-0.05, 0) is 25.2 Å². The number of carboxylic acids is 2. The Morgan fingerprint density at radius 3 is 1.94 bits per heavy atom. The summed E-state index contributed by atoms with van der Waals surface area (Å²) in [5, 5.41) is 20.3. The van der Waals surface area contributed by atoms with Crippen LogP contribution in [0.1, 0.15) is 45.4 Å². The predicted molar refractivity (Wildman–Crippen MR) is 46.9 cm³/mol. The molecule has 0 fully saturated rings. The fourth-order valence-electron chi connectivity index (χ4n) is 1.19. The Balaban J connectivity index is -0.000000845. The van der Waals surface area contributed by atoms with Crippen molar-refractivity contribution in [2.45, 2.75) is 45.4 Å². The van der Waals surface area contributed by atoms with Gasteiger partial charge in [-0.3, -0.25) is 0 Å². The van der Waals surface area contributed by atoms with Crippen LogP contribution in [-0.4, -0.2) is 11.9 Å². The topological polar surface area (TPSA) is 80.3 Å². The maximum Gasteiger partial charge on any atom is 1.00 e. The zero-order chi connectivity index (χ0) is 11.0. The maximum atomic E-state index is 10.3. The van der Waals surface area contributed by atoms with E-state index in [0.717, 1.165) is 19.3 Å². The third-order valence-electron chi connectivity index (χ3n) is 2.17. The molecular weight excluding hydrogens is 230 g/mol. The Kier molecular flexibility index (Phi) is 19.4. The van der Waals surface area contributed by atoms with Gasteiger partial charge in [-0.15, -0.1) is 0 Å². The van der Waals surface area contributed by atoms with Crippen molar-refractivity contribution >= 4 is 11.9 Å². The molecule has 1 atom stereocenters. The summed E-state index contributed by atoms with van der Waals surface area (Å²) in [7, 11) is 0. The second kappa shape index (κ2) is 14.0. The van der Waals surface area contributed by atoms with Crippen molar-refractivity contribution in [1.82, 2.24) is 0 Å². The van der Waals surface area contributed by atoms with Gasteiger partial charge in [-0.25, -0.2) is 0 Å². The largest absolute Gasteiger partial charge is 1.00 e. The van der Waals surface area contributed by atoms with Gasteiger partial charge in [-0.1, -0.05) is 26.2 Å². The maximum absolute atomic E-state index is 10.3. The summed E-state index contributed by atoms with van der Waals surface area (Å²) in [6.45, 7) is 1.62. The molecule has 4 nitrogen and oxygen atoms in total. The molecule has 16 heavy (non-hydrogen) atoms. The van der Waals surface area contributed by atoms with Crippen molar-refractivity contribution in [3.63, 3.8) is 0 Å². The average Bonchev–Trinajstić information content (AvgIpc) is 2.09. The third kappa shape index (κ3) is 14.9. The summed E-state index contributed by atoms with van der Waals surface area (Å²) >= 11 is 0. The van der Waals surface area contributed by atoms with Crippen molar-refractivity contribution in [2.75, 3.05) is 0 Å². The van der Waals surface area contributed by atoms with E-state index in [1.54, 1.807) is 6.92 Å². The monoisotopic (exact) mass is 246 g/mol. The zero-order valence-electron chi connectivity index (χ0n) is 10.5. The van der Waals surface area contributed by atoms with E-state index in [4.69, 9.17) is 0 Å². The number of carboxylic acid groups (broad SMARTS) is 2. The molecule has 82 valence electrons. The normalized spacial score (nSPS) is 10.8. The number of hydrogen-bond donors (Lipinski definition) is 0. The molecule has 0 radical (unpaired) electrons. The Bertz CT molecular complexity index is 197. The van der Waals surface area contributed by atoms with Crippen LogP contribution in [0.15, 0.2) is 0 Å². The van der Waals surface area contributed by atoms with Crippen LogP contribution in [0.3, 0.4) is 0 Å². The van der Waals surface area contributed by atoms with E-state index >= 15 is 0 Å². The quantitative estimate of drug-likeness (QED) is 0.315. The molecule has 0 saturated heterocycles. The molecule has 0 N–H and O–H groups in total. The summed E-state index contributed by atoms with van der Waals surface area (Å²) in [6.07, 6.45) is 3.80. The fourth-order valence-corrected chi connectivity index (χ4v) is 1.19. The average molecular weight is 246 g/mol. The van der Waals surface area contributed by atoms with Gasteiger partial charge >= 0.3 is 59.1 Å². The number of rotatable bonds is 8. The standard InChI is InChI=1S/C10H18O4.2Na/c1-8(10(13)14)6-4-2-3-5-7-9(11)12;;/h8H,2-7H2,1H3,(H,11,12)(H,13,14);;/q;2*+1/p-2. The van der Waals surface area contributed by atoms with Crippen LogP contribution in [-0.2, 0) is 9.59 Å². The molecule has 0 bridgehead atoms. The Morgan fingerprint density at radius 2 is 1.50 bits per heavy atom. The number of unbranched alkanes of at least 4 members (excludes halogenated alkanes) is 3. The molecule has 0 rings (SSSR count). The Hall–Kier alpha value is 0.940. The second-order valence-corrected chi connectivity index (χ2v) is 3.54. The number of carbonyl (C=O) groups is 2. The van der Waals surface area contributed by atoms with E-state index in [-0.39, 0.29) is 65.5 Å². The SMILES string of the molecule is CC(CCCCCCC(=O)[O-])C(=O)[O-].[Na+].[Na+]. The molecule has 1 unspecified atom stereocenters. The predicted octanol–water partition coefficient (Wildman–Crippen LogP) is -6.53. The Labute approximate surface area is 141 Å². The van der Waals surface area contributed by atoms with Gasteiger partial charge in [-0.2, -0.15) is 0 Å². The van der Waals surface area contributed by atoms with Crippen molar-refractivity contribution in [3.05, 3.63) is 0 Å². The van der Waals surface area contributed by atoms with Crippen LogP contribution in [0, 0.1) is 5.92 Å². The van der Waals surface area contributed by atoms with Gasteiger partial charge < -0.3 is 19.8 Å². The van der Waals surface area contributed by atoms with Gasteiger partial charge in [0.1, 0.15) is 0 Å². The first-order valence-electron chi connectivity index (χ1n) is 4.94. The number of aliphatic carboxylic acids is 2. The van der Waals surface area contributed by atoms with Crippen LogP contribution in [0.2, 0.25) is 0 Å². The van der Waals surface area contributed by atoms with Gasteiger partial charge in [0, 0.05) is 11.9 Å². The first-order valence-corrected chi connectivity index (χ1v) is 4.94. The molecule has 0 amide bonds. The molecule has 0 spiro atoms. The van der Waals surface area contributed by atoms with E-state index in [2.05, 4.69) is 0 Å². The smallest absolute Gasteiger partial charge is 0.550 e. The van der Waals surface area contributed by atoms with Crippen LogP contribution >= 0.6 is 0 Å². The van der Waals surface area contributed by atoms with Gasteiger partial charge in [0.2, 0.25) is 0 Å². The zero-order valence-corrected chi connectivity index (χ0v) is 14.5. The van der Waals surface area contributed by atoms with Crippen LogP contribution < -0.4 is 69.3 Å². The molecule has 0 aliphatic rings. The minimum atomic E-state index is -1.02. The summed E-state index contributed by atoms with van der Waals surface area (Å²) in [6, 6.07) is 0. The van der Waals surface area contributed by atoms with E-state index in [1.165, 1.54) is 0 Å². The molecular formula is C10H16Na2O4. The molecule has 0 saturated carbocycles. The summed E-state index contributed by atoms with van der Waals surface area (Å²) in [5.41, 5.74) is 0. The number of hydrogen-bond acceptors (Lipinski definition) is 4. The summed E-state index contributed by atoms with van der Waals surface area (Å²) in [5.74, 6) is -2.44. The molecule has 0 heterocycles. The second-order valence-electron chi connectivity index (χ2n) is 3.54. The Morgan fingerprint density at radius 1 is 1.00 bits per heavy atom. The van der Waals surface area contributed by atoms with Crippen molar-refractivity contribution < 1.29 is 78.9 Å². The molecule has 6 heteroatoms. The van der Waals surface area contributed by atoms with Crippen LogP contribution in [0.25, 0.3) is 0 Å². The third-order valence-corrected chi connectivity index (χ3v) is 2.17. The van der Waals surface area contributed by atoms with Crippen molar-refractivity contribution in [2.24, 2.45) is 5.92 Å². The minimum absolute atomic E-state index is 0. The molecule has 0 aliphatic carbocycles. The molecule has 0 aromatic heterocycles. The minimum Gasteiger partial charge on any atom is -0.550 e. The van der Waals surface area contributed by atoms with E-state index in [9.17, 15) is 19.8 Å². The first kappa shape index (κ1) is 22.1. The molecule has 0 aromatic rings. The van der Waals surface area contributed by atoms with E-state index in [0.29, 0.717) is 12.8 Å². The number of carbonyl (C=O) groups excluding carboxylic acids is 2. The summed E-state index contributed by atoms with van der Waals surface area (Å²) < 4.78 is 0. The first-order chi connectivity index (χ1) is 6.54. The molecule has 0 aliphatic heterocycles. The van der Waals surface area contributed by atoms with Gasteiger partial charge in [0.15, 0.2) is 0 Å². The van der Waals surface area contributed by atoms with Crippen LogP contribution in [0.5, 0.6) is 0 Å². The van der Waals surface area contributed by atoms with Crippen molar-refractivity contribution in [1.29, 1.82) is 0 Å². The van der Waals surface area contributed by atoms with Gasteiger partial charge in [0.25, 0.3) is 0 Å². The fraction of sp³-hybridized carbons (Fsp3) is 0.800. The molecule has 0 aromatic carbocycles. The summed E-state index contributed by atoms with van der Waals surface area (Å²) in [4.78, 5) is 20.3. The van der Waals surface area contributed by atoms with Crippen LogP contribution in [0.4, 0.5) is 0 Å². The van der Waals surface area contributed by atoms with E-state index in [1.807, 2.05) is 0 Å². The van der Waals surface area contributed by atoms with Gasteiger partial charge in [0.05, 0.1) is 0 Å². The van der Waals surface area contributed by atoms with E-state index < -0.39 is 17.9 Å².